The van der Waals surface area contributed by atoms with Crippen LogP contribution in [0.25, 0.3) is 11.1 Å². The molecule has 2 aromatic carbocycles. The summed E-state index contributed by atoms with van der Waals surface area (Å²) in [5, 5.41) is 0.188. The van der Waals surface area contributed by atoms with Gasteiger partial charge in [0.05, 0.1) is 6.54 Å². The maximum absolute atomic E-state index is 12.6. The molecule has 0 aliphatic heterocycles. The Labute approximate surface area is 219 Å². The van der Waals surface area contributed by atoms with Gasteiger partial charge in [-0.3, -0.25) is 9.69 Å². The van der Waals surface area contributed by atoms with E-state index < -0.39 is 6.36 Å². The zero-order valence-corrected chi connectivity index (χ0v) is 21.7. The summed E-state index contributed by atoms with van der Waals surface area (Å²) in [5.74, 6) is 6.06. The van der Waals surface area contributed by atoms with Crippen molar-refractivity contribution in [1.29, 1.82) is 0 Å². The molecule has 36 heavy (non-hydrogen) atoms. The average molecular weight is 539 g/mol. The third-order valence-corrected chi connectivity index (χ3v) is 5.77. The molecule has 0 fully saturated rings. The van der Waals surface area contributed by atoms with Crippen LogP contribution in [0.2, 0.25) is 5.02 Å². The van der Waals surface area contributed by atoms with Gasteiger partial charge in [-0.15, -0.1) is 25.6 Å². The lowest BCUT2D eigenvalue weighted by Crippen LogP contribution is -2.24. The number of pyridine rings is 1. The molecule has 0 spiro atoms. The van der Waals surface area contributed by atoms with Gasteiger partial charge in [0.25, 0.3) is 0 Å². The fourth-order valence-electron chi connectivity index (χ4n) is 3.76. The minimum atomic E-state index is -4.70. The molecule has 3 aromatic rings. The summed E-state index contributed by atoms with van der Waals surface area (Å²) in [6.45, 7) is 7.52. The van der Waals surface area contributed by atoms with E-state index in [1.54, 1.807) is 19.1 Å². The Kier molecular flexibility index (Phi) is 10.5. The van der Waals surface area contributed by atoms with Crippen LogP contribution in [0, 0.1) is 25.7 Å². The fraction of sp³-hybridized carbons (Fsp3) is 0.296. The molecule has 0 unspecified atom stereocenters. The van der Waals surface area contributed by atoms with Gasteiger partial charge < -0.3 is 9.72 Å². The van der Waals surface area contributed by atoms with Crippen molar-refractivity contribution < 1.29 is 17.9 Å². The zero-order chi connectivity index (χ0) is 25.6. The Morgan fingerprint density at radius 1 is 1.03 bits per heavy atom. The van der Waals surface area contributed by atoms with Crippen LogP contribution in [0.5, 0.6) is 5.75 Å². The quantitative estimate of drug-likeness (QED) is 0.333. The van der Waals surface area contributed by atoms with Crippen molar-refractivity contribution in [3.63, 3.8) is 0 Å². The van der Waals surface area contributed by atoms with Crippen molar-refractivity contribution in [3.05, 3.63) is 86.3 Å². The van der Waals surface area contributed by atoms with Gasteiger partial charge in [0.2, 0.25) is 5.43 Å². The normalized spacial score (nSPS) is 11.0. The second-order valence-corrected chi connectivity index (χ2v) is 8.55. The number of hydrogen-bond donors (Lipinski definition) is 1. The van der Waals surface area contributed by atoms with E-state index in [1.165, 1.54) is 12.1 Å². The molecule has 0 bridgehead atoms. The van der Waals surface area contributed by atoms with E-state index in [0.717, 1.165) is 35.3 Å². The Morgan fingerprint density at radius 2 is 1.67 bits per heavy atom. The largest absolute Gasteiger partial charge is 0.573 e. The van der Waals surface area contributed by atoms with Crippen LogP contribution in [0.1, 0.15) is 35.9 Å². The van der Waals surface area contributed by atoms with Crippen LogP contribution in [0.3, 0.4) is 0 Å². The lowest BCUT2D eigenvalue weighted by molar-refractivity contribution is -0.274. The van der Waals surface area contributed by atoms with E-state index in [-0.39, 0.29) is 28.6 Å². The topological polar surface area (TPSA) is 45.3 Å². The lowest BCUT2D eigenvalue weighted by atomic mass is 10.0. The van der Waals surface area contributed by atoms with Gasteiger partial charge in [-0.2, -0.15) is 0 Å². The standard InChI is InChI=1S/C27H26ClF3N2O2.ClH/c1-4-15-33(17-21-9-13-23(14-10-21)35-27(29,30)31)16-5-6-20-7-11-22(12-8-20)24-18(2)32-19(3)25(28)26(24)34;/h7-14H,4,15-17H2,1-3H3,(H,32,34);1H. The molecular formula is C27H27Cl2F3N2O2. The number of hydrogen-bond acceptors (Lipinski definition) is 3. The van der Waals surface area contributed by atoms with Gasteiger partial charge >= 0.3 is 6.36 Å². The molecule has 1 heterocycles. The number of ether oxygens (including phenoxy) is 1. The molecule has 0 radical (unpaired) electrons. The first-order valence-corrected chi connectivity index (χ1v) is 11.5. The highest BCUT2D eigenvalue weighted by atomic mass is 35.5. The molecule has 0 amide bonds. The second-order valence-electron chi connectivity index (χ2n) is 8.17. The van der Waals surface area contributed by atoms with Crippen LogP contribution in [0.15, 0.2) is 53.3 Å². The second kappa shape index (κ2) is 12.9. The van der Waals surface area contributed by atoms with Gasteiger partial charge in [-0.05, 0) is 62.2 Å². The highest BCUT2D eigenvalue weighted by molar-refractivity contribution is 6.31. The minimum Gasteiger partial charge on any atom is -0.406 e. The number of aryl methyl sites for hydroxylation is 2. The summed E-state index contributed by atoms with van der Waals surface area (Å²) >= 11 is 6.13. The summed E-state index contributed by atoms with van der Waals surface area (Å²) in [4.78, 5) is 17.8. The number of halogens is 5. The van der Waals surface area contributed by atoms with Crippen molar-refractivity contribution in [2.75, 3.05) is 13.1 Å². The summed E-state index contributed by atoms with van der Waals surface area (Å²) in [7, 11) is 0. The average Bonchev–Trinajstić information content (AvgIpc) is 2.79. The number of aromatic amines is 1. The molecule has 0 aliphatic carbocycles. The monoisotopic (exact) mass is 538 g/mol. The predicted octanol–water partition coefficient (Wildman–Crippen LogP) is 6.90. The molecule has 3 rings (SSSR count). The lowest BCUT2D eigenvalue weighted by Gasteiger charge is -2.19. The number of rotatable bonds is 7. The number of nitrogens with zero attached hydrogens (tertiary/aromatic N) is 1. The Bertz CT molecular complexity index is 1280. The minimum absolute atomic E-state index is 0. The number of benzene rings is 2. The first-order valence-electron chi connectivity index (χ1n) is 11.1. The van der Waals surface area contributed by atoms with E-state index in [1.807, 2.05) is 31.2 Å². The van der Waals surface area contributed by atoms with Crippen LogP contribution in [-0.2, 0) is 6.54 Å². The highest BCUT2D eigenvalue weighted by Gasteiger charge is 2.30. The van der Waals surface area contributed by atoms with E-state index in [4.69, 9.17) is 11.6 Å². The molecule has 0 saturated carbocycles. The zero-order valence-electron chi connectivity index (χ0n) is 20.1. The highest BCUT2D eigenvalue weighted by Crippen LogP contribution is 2.24. The van der Waals surface area contributed by atoms with Crippen LogP contribution < -0.4 is 10.2 Å². The predicted molar refractivity (Wildman–Crippen MR) is 140 cm³/mol. The molecular weight excluding hydrogens is 512 g/mol. The van der Waals surface area contributed by atoms with Gasteiger partial charge in [-0.25, -0.2) is 0 Å². The van der Waals surface area contributed by atoms with Gasteiger partial charge in [0.15, 0.2) is 0 Å². The number of alkyl halides is 3. The van der Waals surface area contributed by atoms with Crippen molar-refractivity contribution in [2.24, 2.45) is 0 Å². The van der Waals surface area contributed by atoms with Crippen molar-refractivity contribution >= 4 is 24.0 Å². The maximum atomic E-state index is 12.6. The van der Waals surface area contributed by atoms with E-state index >= 15 is 0 Å². The van der Waals surface area contributed by atoms with Gasteiger partial charge in [0, 0.05) is 29.1 Å². The molecule has 1 aromatic heterocycles. The summed E-state index contributed by atoms with van der Waals surface area (Å²) in [6.07, 6.45) is -3.79. The summed E-state index contributed by atoms with van der Waals surface area (Å²) in [6, 6.07) is 13.3. The van der Waals surface area contributed by atoms with Crippen LogP contribution in [0.4, 0.5) is 13.2 Å². The third-order valence-electron chi connectivity index (χ3n) is 5.32. The fourth-order valence-corrected chi connectivity index (χ4v) is 3.90. The van der Waals surface area contributed by atoms with E-state index in [9.17, 15) is 18.0 Å². The first-order chi connectivity index (χ1) is 16.6. The van der Waals surface area contributed by atoms with Crippen molar-refractivity contribution in [1.82, 2.24) is 9.88 Å². The SMILES string of the molecule is CCCN(CC#Cc1ccc(-c2c(C)[nH]c(C)c(Cl)c2=O)cc1)Cc1ccc(OC(F)(F)F)cc1.Cl. The molecule has 0 aliphatic rings. The Hall–Kier alpha value is -2.92. The molecule has 0 saturated heterocycles. The van der Waals surface area contributed by atoms with Gasteiger partial charge in [0.1, 0.15) is 10.8 Å². The Balaban J connectivity index is 0.00000456. The van der Waals surface area contributed by atoms with E-state index in [2.05, 4.69) is 33.4 Å². The molecule has 4 nitrogen and oxygen atoms in total. The third kappa shape index (κ3) is 8.06. The number of nitrogens with one attached hydrogen (secondary N) is 1. The smallest absolute Gasteiger partial charge is 0.406 e. The molecule has 9 heteroatoms. The maximum Gasteiger partial charge on any atom is 0.573 e. The first kappa shape index (κ1) is 29.3. The molecule has 0 atom stereocenters. The van der Waals surface area contributed by atoms with Crippen LogP contribution >= 0.6 is 24.0 Å². The van der Waals surface area contributed by atoms with Crippen molar-refractivity contribution in [2.45, 2.75) is 40.1 Å². The van der Waals surface area contributed by atoms with Crippen LogP contribution in [-0.4, -0.2) is 29.3 Å². The molecule has 1 N–H and O–H groups in total. The number of H-pyrrole nitrogens is 1. The Morgan fingerprint density at radius 3 is 2.25 bits per heavy atom. The number of aromatic nitrogens is 1. The van der Waals surface area contributed by atoms with Gasteiger partial charge in [-0.1, -0.05) is 54.6 Å². The summed E-state index contributed by atoms with van der Waals surface area (Å²) < 4.78 is 40.9. The summed E-state index contributed by atoms with van der Waals surface area (Å²) in [5.41, 5.74) is 4.18. The molecule has 192 valence electrons. The van der Waals surface area contributed by atoms with Crippen molar-refractivity contribution in [3.8, 4) is 28.7 Å². The van der Waals surface area contributed by atoms with E-state index in [0.29, 0.717) is 24.3 Å².